The zero-order chi connectivity index (χ0) is 10.1. The third-order valence-corrected chi connectivity index (χ3v) is 2.99. The summed E-state index contributed by atoms with van der Waals surface area (Å²) in [4.78, 5) is 4.07. The molecule has 1 aliphatic carbocycles. The van der Waals surface area contributed by atoms with Crippen LogP contribution in [-0.2, 0) is 0 Å². The van der Waals surface area contributed by atoms with Gasteiger partial charge in [-0.25, -0.2) is 4.98 Å². The van der Waals surface area contributed by atoms with Gasteiger partial charge in [-0.1, -0.05) is 13.0 Å². The Balaban J connectivity index is 2.23. The second-order valence-corrected chi connectivity index (χ2v) is 4.00. The molecule has 14 heavy (non-hydrogen) atoms. The molecule has 0 aliphatic heterocycles. The highest BCUT2D eigenvalue weighted by atomic mass is 15.2. The van der Waals surface area contributed by atoms with E-state index in [9.17, 15) is 0 Å². The first-order chi connectivity index (χ1) is 6.74. The van der Waals surface area contributed by atoms with E-state index in [2.05, 4.69) is 17.3 Å². The molecule has 0 spiro atoms. The number of rotatable bonds is 3. The van der Waals surface area contributed by atoms with Gasteiger partial charge in [-0.3, -0.25) is 11.3 Å². The number of nitrogens with one attached hydrogen (secondary N) is 1. The highest BCUT2D eigenvalue weighted by Gasteiger charge is 2.40. The van der Waals surface area contributed by atoms with Crippen molar-refractivity contribution in [1.29, 1.82) is 0 Å². The molecule has 3 atom stereocenters. The minimum Gasteiger partial charge on any atom is -0.383 e. The van der Waals surface area contributed by atoms with Crippen molar-refractivity contribution in [3.63, 3.8) is 0 Å². The van der Waals surface area contributed by atoms with Gasteiger partial charge in [0, 0.05) is 11.8 Å². The average Bonchev–Trinajstić information content (AvgIpc) is 2.88. The van der Waals surface area contributed by atoms with Gasteiger partial charge in [-0.15, -0.1) is 0 Å². The maximum Gasteiger partial charge on any atom is 0.128 e. The molecular weight excluding hydrogens is 176 g/mol. The maximum absolute atomic E-state index is 5.80. The van der Waals surface area contributed by atoms with Gasteiger partial charge < -0.3 is 5.73 Å². The molecule has 2 rings (SSSR count). The van der Waals surface area contributed by atoms with Crippen molar-refractivity contribution in [2.24, 2.45) is 17.7 Å². The smallest absolute Gasteiger partial charge is 0.128 e. The van der Waals surface area contributed by atoms with E-state index in [1.807, 2.05) is 12.1 Å². The third-order valence-electron chi connectivity index (χ3n) is 2.99. The van der Waals surface area contributed by atoms with Gasteiger partial charge in [0.25, 0.3) is 0 Å². The van der Waals surface area contributed by atoms with Gasteiger partial charge in [0.05, 0.1) is 6.04 Å². The minimum absolute atomic E-state index is 0.152. The standard InChI is InChI=1S/C10H16N4/c1-6-5-8(6)9(14-12)7-3-2-4-13-10(7)11/h2-4,6,8-9,14H,5,12H2,1H3,(H2,11,13). The Kier molecular flexibility index (Phi) is 2.39. The molecule has 5 N–H and O–H groups in total. The fourth-order valence-electron chi connectivity index (χ4n) is 1.95. The van der Waals surface area contributed by atoms with Gasteiger partial charge in [0.1, 0.15) is 5.82 Å². The number of nitrogens with two attached hydrogens (primary N) is 2. The topological polar surface area (TPSA) is 77.0 Å². The Bertz CT molecular complexity index is 326. The van der Waals surface area contributed by atoms with Crippen LogP contribution in [0.2, 0.25) is 0 Å². The normalized spacial score (nSPS) is 27.3. The Morgan fingerprint density at radius 1 is 1.64 bits per heavy atom. The molecule has 1 heterocycles. The van der Waals surface area contributed by atoms with Crippen molar-refractivity contribution in [1.82, 2.24) is 10.4 Å². The second kappa shape index (κ2) is 3.55. The van der Waals surface area contributed by atoms with Crippen molar-refractivity contribution in [3.8, 4) is 0 Å². The van der Waals surface area contributed by atoms with Gasteiger partial charge in [-0.05, 0) is 24.3 Å². The highest BCUT2D eigenvalue weighted by Crippen LogP contribution is 2.47. The van der Waals surface area contributed by atoms with Gasteiger partial charge in [0.15, 0.2) is 0 Å². The molecule has 3 unspecified atom stereocenters. The van der Waals surface area contributed by atoms with Crippen LogP contribution in [0.15, 0.2) is 18.3 Å². The average molecular weight is 192 g/mol. The van der Waals surface area contributed by atoms with E-state index in [-0.39, 0.29) is 6.04 Å². The van der Waals surface area contributed by atoms with Crippen molar-refractivity contribution >= 4 is 5.82 Å². The predicted molar refractivity (Wildman–Crippen MR) is 56.0 cm³/mol. The van der Waals surface area contributed by atoms with E-state index in [1.54, 1.807) is 6.20 Å². The minimum atomic E-state index is 0.152. The molecule has 0 saturated heterocycles. The Morgan fingerprint density at radius 3 is 2.86 bits per heavy atom. The van der Waals surface area contributed by atoms with Crippen LogP contribution in [0.1, 0.15) is 24.9 Å². The molecule has 1 aliphatic rings. The van der Waals surface area contributed by atoms with Crippen LogP contribution >= 0.6 is 0 Å². The Morgan fingerprint density at radius 2 is 2.36 bits per heavy atom. The first kappa shape index (κ1) is 9.43. The number of hydrogen-bond donors (Lipinski definition) is 3. The molecule has 0 amide bonds. The van der Waals surface area contributed by atoms with E-state index in [1.165, 1.54) is 6.42 Å². The third kappa shape index (κ3) is 1.58. The summed E-state index contributed by atoms with van der Waals surface area (Å²) in [5, 5.41) is 0. The summed E-state index contributed by atoms with van der Waals surface area (Å²) in [7, 11) is 0. The largest absolute Gasteiger partial charge is 0.383 e. The van der Waals surface area contributed by atoms with Crippen molar-refractivity contribution in [3.05, 3.63) is 23.9 Å². The molecule has 76 valence electrons. The highest BCUT2D eigenvalue weighted by molar-refractivity contribution is 5.41. The van der Waals surface area contributed by atoms with Crippen molar-refractivity contribution < 1.29 is 0 Å². The molecule has 0 radical (unpaired) electrons. The number of aromatic nitrogens is 1. The van der Waals surface area contributed by atoms with Crippen LogP contribution in [-0.4, -0.2) is 4.98 Å². The van der Waals surface area contributed by atoms with Crippen LogP contribution in [0.25, 0.3) is 0 Å². The van der Waals surface area contributed by atoms with Crippen LogP contribution in [0.4, 0.5) is 5.82 Å². The number of nitrogens with zero attached hydrogens (tertiary/aromatic N) is 1. The van der Waals surface area contributed by atoms with Crippen LogP contribution in [0.3, 0.4) is 0 Å². The Labute approximate surface area is 83.7 Å². The lowest BCUT2D eigenvalue weighted by atomic mass is 10.0. The molecular formula is C10H16N4. The van der Waals surface area contributed by atoms with Crippen LogP contribution < -0.4 is 17.0 Å². The number of anilines is 1. The molecule has 1 aromatic heterocycles. The summed E-state index contributed by atoms with van der Waals surface area (Å²) in [5.74, 6) is 7.46. The number of pyridine rings is 1. The molecule has 1 aromatic rings. The SMILES string of the molecule is CC1CC1C(NN)c1cccnc1N. The van der Waals surface area contributed by atoms with E-state index in [0.29, 0.717) is 11.7 Å². The molecule has 0 aromatic carbocycles. The zero-order valence-corrected chi connectivity index (χ0v) is 8.27. The molecule has 4 heteroatoms. The molecule has 0 bridgehead atoms. The van der Waals surface area contributed by atoms with E-state index in [4.69, 9.17) is 11.6 Å². The fraction of sp³-hybridized carbons (Fsp3) is 0.500. The van der Waals surface area contributed by atoms with Gasteiger partial charge >= 0.3 is 0 Å². The number of nitrogen functional groups attached to an aromatic ring is 1. The van der Waals surface area contributed by atoms with Crippen molar-refractivity contribution in [2.45, 2.75) is 19.4 Å². The van der Waals surface area contributed by atoms with E-state index < -0.39 is 0 Å². The van der Waals surface area contributed by atoms with Crippen LogP contribution in [0.5, 0.6) is 0 Å². The summed E-state index contributed by atoms with van der Waals surface area (Å²) in [6.07, 6.45) is 2.91. The first-order valence-corrected chi connectivity index (χ1v) is 4.90. The summed E-state index contributed by atoms with van der Waals surface area (Å²) in [6, 6.07) is 4.03. The van der Waals surface area contributed by atoms with E-state index in [0.717, 1.165) is 11.5 Å². The van der Waals surface area contributed by atoms with Gasteiger partial charge in [0.2, 0.25) is 0 Å². The lowest BCUT2D eigenvalue weighted by Crippen LogP contribution is -2.30. The van der Waals surface area contributed by atoms with Crippen LogP contribution in [0, 0.1) is 11.8 Å². The molecule has 1 saturated carbocycles. The van der Waals surface area contributed by atoms with E-state index >= 15 is 0 Å². The lowest BCUT2D eigenvalue weighted by Gasteiger charge is -2.17. The lowest BCUT2D eigenvalue weighted by molar-refractivity contribution is 0.476. The summed E-state index contributed by atoms with van der Waals surface area (Å²) < 4.78 is 0. The second-order valence-electron chi connectivity index (χ2n) is 4.00. The maximum atomic E-state index is 5.80. The quantitative estimate of drug-likeness (QED) is 0.489. The fourth-order valence-corrected chi connectivity index (χ4v) is 1.95. The van der Waals surface area contributed by atoms with Crippen molar-refractivity contribution in [2.75, 3.05) is 5.73 Å². The zero-order valence-electron chi connectivity index (χ0n) is 8.27. The molecule has 1 fully saturated rings. The number of hydrogen-bond acceptors (Lipinski definition) is 4. The summed E-state index contributed by atoms with van der Waals surface area (Å²) in [5.41, 5.74) is 9.65. The molecule has 4 nitrogen and oxygen atoms in total. The number of hydrazine groups is 1. The monoisotopic (exact) mass is 192 g/mol. The summed E-state index contributed by atoms with van der Waals surface area (Å²) in [6.45, 7) is 2.22. The predicted octanol–water partition coefficient (Wildman–Crippen LogP) is 0.824. The first-order valence-electron chi connectivity index (χ1n) is 4.90. The Hall–Kier alpha value is -1.13. The summed E-state index contributed by atoms with van der Waals surface area (Å²) >= 11 is 0. The van der Waals surface area contributed by atoms with Gasteiger partial charge in [-0.2, -0.15) is 0 Å².